The second-order valence-electron chi connectivity index (χ2n) is 11.5. The van der Waals surface area contributed by atoms with Gasteiger partial charge in [-0.15, -0.1) is 0 Å². The van der Waals surface area contributed by atoms with Crippen LogP contribution in [0, 0.1) is 0 Å². The van der Waals surface area contributed by atoms with E-state index in [1.165, 1.54) is 27.5 Å². The summed E-state index contributed by atoms with van der Waals surface area (Å²) in [4.78, 5) is 14.6. The highest BCUT2D eigenvalue weighted by Gasteiger charge is 2.13. The Balaban J connectivity index is 1.11. The molecule has 0 atom stereocenters. The van der Waals surface area contributed by atoms with Gasteiger partial charge >= 0.3 is 0 Å². The summed E-state index contributed by atoms with van der Waals surface area (Å²) < 4.78 is 0. The Labute approximate surface area is 273 Å². The van der Waals surface area contributed by atoms with Crippen molar-refractivity contribution in [3.8, 4) is 67.5 Å². The van der Waals surface area contributed by atoms with E-state index >= 15 is 0 Å². The summed E-state index contributed by atoms with van der Waals surface area (Å²) in [6.45, 7) is 0. The van der Waals surface area contributed by atoms with E-state index in [0.717, 1.165) is 39.1 Å². The van der Waals surface area contributed by atoms with Gasteiger partial charge in [-0.05, 0) is 56.3 Å². The van der Waals surface area contributed by atoms with Gasteiger partial charge in [-0.1, -0.05) is 158 Å². The average Bonchev–Trinajstić information content (AvgIpc) is 3.15. The van der Waals surface area contributed by atoms with Gasteiger partial charge in [0.2, 0.25) is 0 Å². The normalized spacial score (nSPS) is 11.1. The number of nitrogens with zero attached hydrogens (tertiary/aromatic N) is 3. The number of fused-ring (bicyclic) bond motifs is 1. The van der Waals surface area contributed by atoms with Gasteiger partial charge in [0, 0.05) is 22.4 Å². The minimum atomic E-state index is 0.646. The molecule has 4 nitrogen and oxygen atoms in total. The SMILES string of the molecule is Nc1cccc(-c2ccc(-c3ccc(-c4ccc(-c5nc(-c6ccccc6)nc(-c6ccccc6)n5)cc4)cc3)c3ccccc23)c1. The summed E-state index contributed by atoms with van der Waals surface area (Å²) in [5.74, 6) is 1.96. The van der Waals surface area contributed by atoms with Crippen molar-refractivity contribution in [2.75, 3.05) is 5.73 Å². The number of nitrogens with two attached hydrogens (primary N) is 1. The number of rotatable bonds is 6. The molecule has 0 unspecified atom stereocenters. The molecule has 1 aromatic heterocycles. The molecule has 8 aromatic rings. The number of hydrogen-bond donors (Lipinski definition) is 1. The molecule has 1 heterocycles. The lowest BCUT2D eigenvalue weighted by atomic mass is 9.91. The fourth-order valence-electron chi connectivity index (χ4n) is 6.10. The Morgan fingerprint density at radius 2 is 0.681 bits per heavy atom. The van der Waals surface area contributed by atoms with Crippen LogP contribution in [0.4, 0.5) is 5.69 Å². The zero-order chi connectivity index (χ0) is 31.6. The van der Waals surface area contributed by atoms with Crippen LogP contribution in [0.25, 0.3) is 78.3 Å². The molecule has 4 heteroatoms. The van der Waals surface area contributed by atoms with E-state index in [-0.39, 0.29) is 0 Å². The van der Waals surface area contributed by atoms with Crippen LogP contribution < -0.4 is 5.73 Å². The van der Waals surface area contributed by atoms with Crippen molar-refractivity contribution < 1.29 is 0 Å². The van der Waals surface area contributed by atoms with Crippen LogP contribution in [-0.4, -0.2) is 15.0 Å². The van der Waals surface area contributed by atoms with Crippen molar-refractivity contribution in [2.24, 2.45) is 0 Å². The molecule has 0 spiro atoms. The van der Waals surface area contributed by atoms with E-state index in [4.69, 9.17) is 20.7 Å². The first kappa shape index (κ1) is 28.1. The van der Waals surface area contributed by atoms with Gasteiger partial charge in [0.1, 0.15) is 0 Å². The second-order valence-corrected chi connectivity index (χ2v) is 11.5. The quantitative estimate of drug-likeness (QED) is 0.192. The average molecular weight is 603 g/mol. The van der Waals surface area contributed by atoms with Crippen molar-refractivity contribution in [1.82, 2.24) is 15.0 Å². The maximum Gasteiger partial charge on any atom is 0.164 e. The molecule has 0 aliphatic rings. The van der Waals surface area contributed by atoms with Crippen molar-refractivity contribution in [2.45, 2.75) is 0 Å². The van der Waals surface area contributed by atoms with Gasteiger partial charge in [0.05, 0.1) is 0 Å². The van der Waals surface area contributed by atoms with Gasteiger partial charge in [0.25, 0.3) is 0 Å². The van der Waals surface area contributed by atoms with Crippen LogP contribution in [0.15, 0.2) is 170 Å². The standard InChI is InChI=1S/C43H30N4/c44-36-15-9-14-35(28-36)38-27-26-37(39-16-7-8-17-40(38)39)31-22-18-29(19-23-31)30-20-24-34(25-21-30)43-46-41(32-10-3-1-4-11-32)45-42(47-43)33-12-5-2-6-13-33/h1-28H,44H2. The van der Waals surface area contributed by atoms with E-state index in [1.54, 1.807) is 0 Å². The third-order valence-electron chi connectivity index (χ3n) is 8.49. The molecule has 7 aromatic carbocycles. The Kier molecular flexibility index (Phi) is 7.29. The maximum atomic E-state index is 6.11. The molecule has 0 radical (unpaired) electrons. The summed E-state index contributed by atoms with van der Waals surface area (Å²) in [7, 11) is 0. The Bertz CT molecular complexity index is 2270. The first-order valence-corrected chi connectivity index (χ1v) is 15.7. The maximum absolute atomic E-state index is 6.11. The topological polar surface area (TPSA) is 64.7 Å². The first-order valence-electron chi connectivity index (χ1n) is 15.7. The number of benzene rings is 7. The Hall–Kier alpha value is -6.39. The number of anilines is 1. The highest BCUT2D eigenvalue weighted by molar-refractivity contribution is 6.05. The predicted octanol–water partition coefficient (Wildman–Crippen LogP) is 10.6. The molecule has 8 rings (SSSR count). The fourth-order valence-corrected chi connectivity index (χ4v) is 6.10. The third kappa shape index (κ3) is 5.65. The molecule has 222 valence electrons. The highest BCUT2D eigenvalue weighted by atomic mass is 15.0. The molecule has 0 aliphatic carbocycles. The molecule has 47 heavy (non-hydrogen) atoms. The monoisotopic (exact) mass is 602 g/mol. The van der Waals surface area contributed by atoms with Crippen LogP contribution in [0.1, 0.15) is 0 Å². The van der Waals surface area contributed by atoms with E-state index < -0.39 is 0 Å². The van der Waals surface area contributed by atoms with E-state index in [1.807, 2.05) is 78.9 Å². The largest absolute Gasteiger partial charge is 0.399 e. The summed E-state index contributed by atoms with van der Waals surface area (Å²) in [5.41, 5.74) is 16.7. The Morgan fingerprint density at radius 1 is 0.298 bits per heavy atom. The zero-order valence-electron chi connectivity index (χ0n) is 25.6. The van der Waals surface area contributed by atoms with Gasteiger partial charge < -0.3 is 5.73 Å². The van der Waals surface area contributed by atoms with E-state index in [2.05, 4.69) is 91.0 Å². The smallest absolute Gasteiger partial charge is 0.164 e. The number of hydrogen-bond acceptors (Lipinski definition) is 4. The minimum Gasteiger partial charge on any atom is -0.399 e. The lowest BCUT2D eigenvalue weighted by Gasteiger charge is -2.13. The number of nitrogen functional groups attached to an aromatic ring is 1. The van der Waals surface area contributed by atoms with Crippen molar-refractivity contribution in [1.29, 1.82) is 0 Å². The summed E-state index contributed by atoms with van der Waals surface area (Å²) in [6, 6.07) is 58.4. The van der Waals surface area contributed by atoms with Crippen molar-refractivity contribution in [3.63, 3.8) is 0 Å². The highest BCUT2D eigenvalue weighted by Crippen LogP contribution is 2.37. The van der Waals surface area contributed by atoms with Crippen LogP contribution in [0.5, 0.6) is 0 Å². The second kappa shape index (κ2) is 12.2. The summed E-state index contributed by atoms with van der Waals surface area (Å²) >= 11 is 0. The van der Waals surface area contributed by atoms with Crippen LogP contribution in [0.2, 0.25) is 0 Å². The molecule has 0 aliphatic heterocycles. The molecule has 0 saturated carbocycles. The van der Waals surface area contributed by atoms with Crippen LogP contribution >= 0.6 is 0 Å². The van der Waals surface area contributed by atoms with Gasteiger partial charge in [-0.25, -0.2) is 15.0 Å². The minimum absolute atomic E-state index is 0.646. The van der Waals surface area contributed by atoms with Crippen molar-refractivity contribution in [3.05, 3.63) is 170 Å². The van der Waals surface area contributed by atoms with E-state index in [0.29, 0.717) is 17.5 Å². The molecule has 2 N–H and O–H groups in total. The van der Waals surface area contributed by atoms with Gasteiger partial charge in [-0.2, -0.15) is 0 Å². The zero-order valence-corrected chi connectivity index (χ0v) is 25.6. The van der Waals surface area contributed by atoms with Crippen LogP contribution in [0.3, 0.4) is 0 Å². The van der Waals surface area contributed by atoms with Gasteiger partial charge in [-0.3, -0.25) is 0 Å². The summed E-state index contributed by atoms with van der Waals surface area (Å²) in [6.07, 6.45) is 0. The van der Waals surface area contributed by atoms with E-state index in [9.17, 15) is 0 Å². The number of aromatic nitrogens is 3. The molecule has 0 fully saturated rings. The van der Waals surface area contributed by atoms with Crippen molar-refractivity contribution >= 4 is 16.5 Å². The fraction of sp³-hybridized carbons (Fsp3) is 0. The molecule has 0 saturated heterocycles. The predicted molar refractivity (Wildman–Crippen MR) is 194 cm³/mol. The molecule has 0 amide bonds. The lowest BCUT2D eigenvalue weighted by molar-refractivity contribution is 1.07. The Morgan fingerprint density at radius 3 is 1.17 bits per heavy atom. The first-order chi connectivity index (χ1) is 23.2. The van der Waals surface area contributed by atoms with Gasteiger partial charge in [0.15, 0.2) is 17.5 Å². The van der Waals surface area contributed by atoms with Crippen LogP contribution in [-0.2, 0) is 0 Å². The molecule has 0 bridgehead atoms. The summed E-state index contributed by atoms with van der Waals surface area (Å²) in [5, 5.41) is 2.42. The molecular formula is C43H30N4. The molecular weight excluding hydrogens is 573 g/mol. The third-order valence-corrected chi connectivity index (χ3v) is 8.49. The lowest BCUT2D eigenvalue weighted by Crippen LogP contribution is -2.00.